The average molecular weight is 270 g/mol. The Morgan fingerprint density at radius 1 is 1.32 bits per heavy atom. The van der Waals surface area contributed by atoms with E-state index < -0.39 is 5.97 Å². The fourth-order valence-corrected chi connectivity index (χ4v) is 2.36. The van der Waals surface area contributed by atoms with Gasteiger partial charge in [-0.3, -0.25) is 4.79 Å². The summed E-state index contributed by atoms with van der Waals surface area (Å²) < 4.78 is 0. The van der Waals surface area contributed by atoms with Gasteiger partial charge in [-0.2, -0.15) is 0 Å². The highest BCUT2D eigenvalue weighted by molar-refractivity contribution is 5.74. The van der Waals surface area contributed by atoms with Crippen molar-refractivity contribution in [2.75, 3.05) is 26.7 Å². The topological polar surface area (TPSA) is 60.9 Å². The standard InChI is InChI=1S/C14H26N2O3/c1-11(2)4-7-15(3)14(19)16-8-5-12(6-9-16)10-13(17)18/h11-12H,4-10H2,1-3H3,(H,17,18). The number of carbonyl (C=O) groups excluding carboxylic acids is 1. The summed E-state index contributed by atoms with van der Waals surface area (Å²) in [4.78, 5) is 26.4. The predicted octanol–water partition coefficient (Wildman–Crippen LogP) is 2.27. The van der Waals surface area contributed by atoms with Crippen LogP contribution in [-0.2, 0) is 4.79 Å². The lowest BCUT2D eigenvalue weighted by Crippen LogP contribution is -2.45. The molecule has 1 aliphatic rings. The summed E-state index contributed by atoms with van der Waals surface area (Å²) in [5, 5.41) is 8.76. The van der Waals surface area contributed by atoms with Crippen LogP contribution in [0.3, 0.4) is 0 Å². The molecule has 110 valence electrons. The fraction of sp³-hybridized carbons (Fsp3) is 0.857. The third-order valence-corrected chi connectivity index (χ3v) is 3.72. The van der Waals surface area contributed by atoms with Crippen molar-refractivity contribution < 1.29 is 14.7 Å². The van der Waals surface area contributed by atoms with Gasteiger partial charge >= 0.3 is 12.0 Å². The van der Waals surface area contributed by atoms with Crippen LogP contribution in [0.2, 0.25) is 0 Å². The van der Waals surface area contributed by atoms with Crippen molar-refractivity contribution in [2.24, 2.45) is 11.8 Å². The molecule has 5 heteroatoms. The van der Waals surface area contributed by atoms with Crippen LogP contribution in [0.15, 0.2) is 0 Å². The minimum absolute atomic E-state index is 0.0782. The van der Waals surface area contributed by atoms with Gasteiger partial charge in [0.05, 0.1) is 0 Å². The zero-order chi connectivity index (χ0) is 14.4. The van der Waals surface area contributed by atoms with E-state index in [2.05, 4.69) is 13.8 Å². The lowest BCUT2D eigenvalue weighted by atomic mass is 9.94. The number of amides is 2. The normalized spacial score (nSPS) is 16.7. The minimum atomic E-state index is -0.737. The van der Waals surface area contributed by atoms with E-state index in [1.165, 1.54) is 0 Å². The van der Waals surface area contributed by atoms with E-state index in [1.807, 2.05) is 11.9 Å². The van der Waals surface area contributed by atoms with Gasteiger partial charge < -0.3 is 14.9 Å². The highest BCUT2D eigenvalue weighted by Crippen LogP contribution is 2.21. The molecule has 0 bridgehead atoms. The van der Waals surface area contributed by atoms with E-state index in [-0.39, 0.29) is 18.4 Å². The van der Waals surface area contributed by atoms with E-state index in [9.17, 15) is 9.59 Å². The third kappa shape index (κ3) is 5.49. The molecule has 1 rings (SSSR count). The van der Waals surface area contributed by atoms with Gasteiger partial charge in [0.25, 0.3) is 0 Å². The smallest absolute Gasteiger partial charge is 0.319 e. The summed E-state index contributed by atoms with van der Waals surface area (Å²) in [7, 11) is 1.84. The summed E-state index contributed by atoms with van der Waals surface area (Å²) in [6, 6.07) is 0.0782. The highest BCUT2D eigenvalue weighted by atomic mass is 16.4. The zero-order valence-electron chi connectivity index (χ0n) is 12.3. The van der Waals surface area contributed by atoms with Gasteiger partial charge in [-0.1, -0.05) is 13.8 Å². The summed E-state index contributed by atoms with van der Waals surface area (Å²) in [5.41, 5.74) is 0. The Morgan fingerprint density at radius 3 is 2.37 bits per heavy atom. The van der Waals surface area contributed by atoms with Crippen molar-refractivity contribution in [1.29, 1.82) is 0 Å². The quantitative estimate of drug-likeness (QED) is 0.833. The van der Waals surface area contributed by atoms with E-state index in [0.717, 1.165) is 25.8 Å². The van der Waals surface area contributed by atoms with Gasteiger partial charge in [0.2, 0.25) is 0 Å². The second-order valence-corrected chi connectivity index (χ2v) is 5.91. The molecule has 0 aromatic rings. The number of likely N-dealkylation sites (tertiary alicyclic amines) is 1. The fourth-order valence-electron chi connectivity index (χ4n) is 2.36. The summed E-state index contributed by atoms with van der Waals surface area (Å²) in [5.74, 6) is 0.0814. The molecule has 1 fully saturated rings. The molecule has 0 saturated carbocycles. The van der Waals surface area contributed by atoms with Crippen LogP contribution >= 0.6 is 0 Å². The van der Waals surface area contributed by atoms with Crippen molar-refractivity contribution in [3.05, 3.63) is 0 Å². The van der Waals surface area contributed by atoms with E-state index in [0.29, 0.717) is 19.0 Å². The minimum Gasteiger partial charge on any atom is -0.481 e. The van der Waals surface area contributed by atoms with Crippen molar-refractivity contribution in [3.63, 3.8) is 0 Å². The Morgan fingerprint density at radius 2 is 1.89 bits per heavy atom. The molecule has 1 saturated heterocycles. The Hall–Kier alpha value is -1.26. The largest absolute Gasteiger partial charge is 0.481 e. The summed E-state index contributed by atoms with van der Waals surface area (Å²) >= 11 is 0. The molecule has 0 atom stereocenters. The molecule has 1 N–H and O–H groups in total. The number of aliphatic carboxylic acids is 1. The first-order valence-corrected chi connectivity index (χ1v) is 7.12. The molecule has 0 aromatic heterocycles. The second kappa shape index (κ2) is 7.36. The molecule has 1 heterocycles. The number of rotatable bonds is 5. The summed E-state index contributed by atoms with van der Waals surface area (Å²) in [6.45, 7) is 6.45. The van der Waals surface area contributed by atoms with Crippen LogP contribution in [0.4, 0.5) is 4.79 Å². The number of piperidine rings is 1. The van der Waals surface area contributed by atoms with Gasteiger partial charge in [-0.15, -0.1) is 0 Å². The second-order valence-electron chi connectivity index (χ2n) is 5.91. The molecule has 0 aliphatic carbocycles. The maximum Gasteiger partial charge on any atom is 0.319 e. The van der Waals surface area contributed by atoms with Crippen molar-refractivity contribution in [1.82, 2.24) is 9.80 Å². The predicted molar refractivity (Wildman–Crippen MR) is 74.0 cm³/mol. The molecule has 0 aromatic carbocycles. The lowest BCUT2D eigenvalue weighted by molar-refractivity contribution is -0.138. The van der Waals surface area contributed by atoms with Gasteiger partial charge in [0.1, 0.15) is 0 Å². The van der Waals surface area contributed by atoms with Gasteiger partial charge in [-0.05, 0) is 31.1 Å². The van der Waals surface area contributed by atoms with E-state index >= 15 is 0 Å². The Balaban J connectivity index is 2.33. The first-order chi connectivity index (χ1) is 8.90. The SMILES string of the molecule is CC(C)CCN(C)C(=O)N1CCC(CC(=O)O)CC1. The van der Waals surface area contributed by atoms with Crippen molar-refractivity contribution in [2.45, 2.75) is 39.5 Å². The van der Waals surface area contributed by atoms with E-state index in [1.54, 1.807) is 4.90 Å². The van der Waals surface area contributed by atoms with E-state index in [4.69, 9.17) is 5.11 Å². The Labute approximate surface area is 115 Å². The molecule has 1 aliphatic heterocycles. The average Bonchev–Trinajstić information content (AvgIpc) is 2.35. The number of urea groups is 1. The van der Waals surface area contributed by atoms with Gasteiger partial charge in [-0.25, -0.2) is 4.79 Å². The third-order valence-electron chi connectivity index (χ3n) is 3.72. The maximum absolute atomic E-state index is 12.2. The molecule has 0 radical (unpaired) electrons. The van der Waals surface area contributed by atoms with Crippen LogP contribution in [0.5, 0.6) is 0 Å². The maximum atomic E-state index is 12.2. The first kappa shape index (κ1) is 15.8. The lowest BCUT2D eigenvalue weighted by Gasteiger charge is -2.34. The number of carbonyl (C=O) groups is 2. The first-order valence-electron chi connectivity index (χ1n) is 7.12. The molecular weight excluding hydrogens is 244 g/mol. The van der Waals surface area contributed by atoms with Crippen LogP contribution in [0.25, 0.3) is 0 Å². The van der Waals surface area contributed by atoms with Crippen molar-refractivity contribution in [3.8, 4) is 0 Å². The zero-order valence-corrected chi connectivity index (χ0v) is 12.3. The molecule has 2 amide bonds. The number of hydrogen-bond donors (Lipinski definition) is 1. The monoisotopic (exact) mass is 270 g/mol. The molecule has 0 unspecified atom stereocenters. The van der Waals surface area contributed by atoms with Gasteiger partial charge in [0, 0.05) is 33.1 Å². The van der Waals surface area contributed by atoms with Crippen LogP contribution < -0.4 is 0 Å². The number of nitrogens with zero attached hydrogens (tertiary/aromatic N) is 2. The van der Waals surface area contributed by atoms with Gasteiger partial charge in [0.15, 0.2) is 0 Å². The highest BCUT2D eigenvalue weighted by Gasteiger charge is 2.25. The number of hydrogen-bond acceptors (Lipinski definition) is 2. The number of carboxylic acid groups (broad SMARTS) is 1. The Bertz CT molecular complexity index is 310. The van der Waals surface area contributed by atoms with Crippen molar-refractivity contribution >= 4 is 12.0 Å². The summed E-state index contributed by atoms with van der Waals surface area (Å²) in [6.07, 6.45) is 2.84. The Kier molecular flexibility index (Phi) is 6.12. The number of carboxylic acids is 1. The van der Waals surface area contributed by atoms with Crippen LogP contribution in [0, 0.1) is 11.8 Å². The molecular formula is C14H26N2O3. The molecule has 19 heavy (non-hydrogen) atoms. The molecule has 0 spiro atoms. The van der Waals surface area contributed by atoms with Crippen LogP contribution in [0.1, 0.15) is 39.5 Å². The van der Waals surface area contributed by atoms with Crippen LogP contribution in [-0.4, -0.2) is 53.6 Å². The molecule has 5 nitrogen and oxygen atoms in total.